The van der Waals surface area contributed by atoms with Gasteiger partial charge in [-0.25, -0.2) is 0 Å². The fourth-order valence-corrected chi connectivity index (χ4v) is 1.90. The summed E-state index contributed by atoms with van der Waals surface area (Å²) in [5, 5.41) is 0. The first kappa shape index (κ1) is 12.1. The van der Waals surface area contributed by atoms with Crippen molar-refractivity contribution in [3.05, 3.63) is 0 Å². The molecule has 15 heavy (non-hydrogen) atoms. The van der Waals surface area contributed by atoms with Crippen LogP contribution in [-0.2, 0) is 9.53 Å². The Morgan fingerprint density at radius 2 is 2.13 bits per heavy atom. The van der Waals surface area contributed by atoms with Gasteiger partial charge in [0, 0.05) is 25.8 Å². The summed E-state index contributed by atoms with van der Waals surface area (Å²) in [6.45, 7) is 6.10. The summed E-state index contributed by atoms with van der Waals surface area (Å²) in [4.78, 5) is 13.8. The van der Waals surface area contributed by atoms with Crippen LogP contribution >= 0.6 is 0 Å². The van der Waals surface area contributed by atoms with Crippen molar-refractivity contribution in [2.24, 2.45) is 0 Å². The SMILES string of the molecule is CC#CCC(=O)N(CC)C1CCOCC1. The van der Waals surface area contributed by atoms with Gasteiger partial charge in [-0.1, -0.05) is 5.92 Å². The van der Waals surface area contributed by atoms with E-state index in [9.17, 15) is 4.79 Å². The van der Waals surface area contributed by atoms with Gasteiger partial charge in [-0.05, 0) is 26.7 Å². The minimum atomic E-state index is 0.152. The van der Waals surface area contributed by atoms with Gasteiger partial charge in [0.1, 0.15) is 0 Å². The summed E-state index contributed by atoms with van der Waals surface area (Å²) >= 11 is 0. The molecule has 0 radical (unpaired) electrons. The van der Waals surface area contributed by atoms with E-state index in [0.717, 1.165) is 32.6 Å². The van der Waals surface area contributed by atoms with Crippen LogP contribution in [0.15, 0.2) is 0 Å². The number of hydrogen-bond donors (Lipinski definition) is 0. The van der Waals surface area contributed by atoms with E-state index < -0.39 is 0 Å². The zero-order valence-corrected chi connectivity index (χ0v) is 9.58. The Kier molecular flexibility index (Phi) is 5.20. The quantitative estimate of drug-likeness (QED) is 0.658. The molecule has 1 rings (SSSR count). The Morgan fingerprint density at radius 3 is 2.67 bits per heavy atom. The van der Waals surface area contributed by atoms with Crippen molar-refractivity contribution in [2.75, 3.05) is 19.8 Å². The highest BCUT2D eigenvalue weighted by atomic mass is 16.5. The molecule has 1 amide bonds. The minimum Gasteiger partial charge on any atom is -0.381 e. The highest BCUT2D eigenvalue weighted by Crippen LogP contribution is 2.14. The highest BCUT2D eigenvalue weighted by molar-refractivity contribution is 5.79. The average molecular weight is 209 g/mol. The zero-order valence-electron chi connectivity index (χ0n) is 9.58. The van der Waals surface area contributed by atoms with Crippen LogP contribution in [0, 0.1) is 11.8 Å². The third kappa shape index (κ3) is 3.56. The molecule has 1 aliphatic heterocycles. The van der Waals surface area contributed by atoms with E-state index in [1.165, 1.54) is 0 Å². The van der Waals surface area contributed by atoms with Crippen molar-refractivity contribution in [1.82, 2.24) is 4.90 Å². The smallest absolute Gasteiger partial charge is 0.234 e. The van der Waals surface area contributed by atoms with E-state index in [2.05, 4.69) is 11.8 Å². The predicted octanol–water partition coefficient (Wildman–Crippen LogP) is 1.43. The Labute approximate surface area is 91.8 Å². The second kappa shape index (κ2) is 6.47. The summed E-state index contributed by atoms with van der Waals surface area (Å²) in [6, 6.07) is 0.356. The van der Waals surface area contributed by atoms with Crippen molar-refractivity contribution in [2.45, 2.75) is 39.2 Å². The molecule has 0 aromatic rings. The molecule has 0 N–H and O–H groups in total. The molecular formula is C12H19NO2. The lowest BCUT2D eigenvalue weighted by atomic mass is 10.1. The second-order valence-corrected chi connectivity index (χ2v) is 3.63. The second-order valence-electron chi connectivity index (χ2n) is 3.63. The van der Waals surface area contributed by atoms with Gasteiger partial charge in [-0.15, -0.1) is 5.92 Å². The molecule has 0 saturated carbocycles. The molecule has 1 fully saturated rings. The Bertz CT molecular complexity index is 259. The molecule has 0 aromatic carbocycles. The van der Waals surface area contributed by atoms with Gasteiger partial charge < -0.3 is 9.64 Å². The minimum absolute atomic E-state index is 0.152. The molecular weight excluding hydrogens is 190 g/mol. The molecule has 0 spiro atoms. The molecule has 0 bridgehead atoms. The van der Waals surface area contributed by atoms with Crippen LogP contribution in [0.1, 0.15) is 33.1 Å². The topological polar surface area (TPSA) is 29.5 Å². The third-order valence-corrected chi connectivity index (χ3v) is 2.71. The van der Waals surface area contributed by atoms with Gasteiger partial charge in [0.25, 0.3) is 0 Å². The Balaban J connectivity index is 2.51. The molecule has 1 aliphatic rings. The maximum Gasteiger partial charge on any atom is 0.234 e. The largest absolute Gasteiger partial charge is 0.381 e. The number of carbonyl (C=O) groups is 1. The van der Waals surface area contributed by atoms with E-state index >= 15 is 0 Å². The van der Waals surface area contributed by atoms with Crippen molar-refractivity contribution in [1.29, 1.82) is 0 Å². The molecule has 1 saturated heterocycles. The van der Waals surface area contributed by atoms with Crippen LogP contribution in [0.25, 0.3) is 0 Å². The Morgan fingerprint density at radius 1 is 1.47 bits per heavy atom. The van der Waals surface area contributed by atoms with Gasteiger partial charge in [0.2, 0.25) is 5.91 Å². The van der Waals surface area contributed by atoms with Crippen molar-refractivity contribution < 1.29 is 9.53 Å². The predicted molar refractivity (Wildman–Crippen MR) is 59.3 cm³/mol. The number of hydrogen-bond acceptors (Lipinski definition) is 2. The van der Waals surface area contributed by atoms with Gasteiger partial charge in [-0.2, -0.15) is 0 Å². The van der Waals surface area contributed by atoms with E-state index in [-0.39, 0.29) is 5.91 Å². The fraction of sp³-hybridized carbons (Fsp3) is 0.750. The molecule has 1 heterocycles. The van der Waals surface area contributed by atoms with E-state index in [1.807, 2.05) is 11.8 Å². The first-order valence-corrected chi connectivity index (χ1v) is 5.56. The van der Waals surface area contributed by atoms with Crippen molar-refractivity contribution >= 4 is 5.91 Å². The van der Waals surface area contributed by atoms with Crippen LogP contribution in [-0.4, -0.2) is 36.6 Å². The molecule has 84 valence electrons. The zero-order chi connectivity index (χ0) is 11.1. The summed E-state index contributed by atoms with van der Waals surface area (Å²) in [6.07, 6.45) is 2.26. The third-order valence-electron chi connectivity index (χ3n) is 2.71. The summed E-state index contributed by atoms with van der Waals surface area (Å²) in [5.74, 6) is 5.74. The maximum atomic E-state index is 11.8. The number of carbonyl (C=O) groups excluding carboxylic acids is 1. The van der Waals surface area contributed by atoms with Crippen LogP contribution in [0.2, 0.25) is 0 Å². The van der Waals surface area contributed by atoms with Crippen LogP contribution in [0.3, 0.4) is 0 Å². The van der Waals surface area contributed by atoms with Gasteiger partial charge in [0.05, 0.1) is 6.42 Å². The highest BCUT2D eigenvalue weighted by Gasteiger charge is 2.23. The number of ether oxygens (including phenoxy) is 1. The first-order chi connectivity index (χ1) is 7.29. The van der Waals surface area contributed by atoms with Gasteiger partial charge in [-0.3, -0.25) is 4.79 Å². The van der Waals surface area contributed by atoms with Crippen molar-refractivity contribution in [3.8, 4) is 11.8 Å². The maximum absolute atomic E-state index is 11.8. The number of nitrogens with zero attached hydrogens (tertiary/aromatic N) is 1. The van der Waals surface area contributed by atoms with Crippen LogP contribution in [0.5, 0.6) is 0 Å². The number of rotatable bonds is 3. The first-order valence-electron chi connectivity index (χ1n) is 5.56. The Hall–Kier alpha value is -1.01. The lowest BCUT2D eigenvalue weighted by Crippen LogP contribution is -2.43. The monoisotopic (exact) mass is 209 g/mol. The summed E-state index contributed by atoms with van der Waals surface area (Å²) in [7, 11) is 0. The lowest BCUT2D eigenvalue weighted by Gasteiger charge is -2.33. The molecule has 0 unspecified atom stereocenters. The summed E-state index contributed by atoms with van der Waals surface area (Å²) < 4.78 is 5.29. The molecule has 0 atom stereocenters. The van der Waals surface area contributed by atoms with E-state index in [0.29, 0.717) is 12.5 Å². The fourth-order valence-electron chi connectivity index (χ4n) is 1.90. The van der Waals surface area contributed by atoms with Gasteiger partial charge in [0.15, 0.2) is 0 Å². The standard InChI is InChI=1S/C12H19NO2/c1-3-5-6-12(14)13(4-2)11-7-9-15-10-8-11/h11H,4,6-10H2,1-2H3. The molecule has 3 nitrogen and oxygen atoms in total. The lowest BCUT2D eigenvalue weighted by molar-refractivity contribution is -0.134. The van der Waals surface area contributed by atoms with E-state index in [1.54, 1.807) is 6.92 Å². The molecule has 0 aromatic heterocycles. The number of amides is 1. The van der Waals surface area contributed by atoms with Gasteiger partial charge >= 0.3 is 0 Å². The summed E-state index contributed by atoms with van der Waals surface area (Å²) in [5.41, 5.74) is 0. The molecule has 0 aliphatic carbocycles. The molecule has 3 heteroatoms. The van der Waals surface area contributed by atoms with E-state index in [4.69, 9.17) is 4.74 Å². The average Bonchev–Trinajstić information content (AvgIpc) is 2.29. The normalized spacial score (nSPS) is 16.7. The van der Waals surface area contributed by atoms with Crippen molar-refractivity contribution in [3.63, 3.8) is 0 Å². The van der Waals surface area contributed by atoms with Crippen LogP contribution < -0.4 is 0 Å². The van der Waals surface area contributed by atoms with Crippen LogP contribution in [0.4, 0.5) is 0 Å².